The first-order valence-electron chi connectivity index (χ1n) is 4.08. The number of urea groups is 1. The highest BCUT2D eigenvalue weighted by Crippen LogP contribution is 2.28. The molecule has 1 aliphatic carbocycles. The monoisotopic (exact) mass is 189 g/mol. The first kappa shape index (κ1) is 9.67. The van der Waals surface area contributed by atoms with E-state index in [2.05, 4.69) is 17.0 Å². The standard InChI is InChI=1S/C7H15N3OS/c1-12-6-4-2-3-5(6)9-7(11)10-8/h5-6H,2-4,8H2,1H3,(H2,9,10,11). The number of hydrogen-bond donors (Lipinski definition) is 3. The van der Waals surface area contributed by atoms with E-state index in [1.54, 1.807) is 0 Å². The van der Waals surface area contributed by atoms with E-state index >= 15 is 0 Å². The highest BCUT2D eigenvalue weighted by molar-refractivity contribution is 7.99. The molecule has 1 saturated carbocycles. The van der Waals surface area contributed by atoms with Crippen LogP contribution in [-0.4, -0.2) is 23.6 Å². The van der Waals surface area contributed by atoms with Crippen LogP contribution in [0.3, 0.4) is 0 Å². The second-order valence-corrected chi connectivity index (χ2v) is 4.01. The van der Waals surface area contributed by atoms with Crippen LogP contribution in [0.25, 0.3) is 0 Å². The van der Waals surface area contributed by atoms with Crippen LogP contribution < -0.4 is 16.6 Å². The van der Waals surface area contributed by atoms with Crippen molar-refractivity contribution < 1.29 is 4.79 Å². The molecule has 0 aliphatic heterocycles. The quantitative estimate of drug-likeness (QED) is 0.335. The molecule has 0 aromatic carbocycles. The number of nitrogens with one attached hydrogen (secondary N) is 2. The molecule has 2 amide bonds. The summed E-state index contributed by atoms with van der Waals surface area (Å²) in [7, 11) is 0. The van der Waals surface area contributed by atoms with E-state index in [1.165, 1.54) is 12.8 Å². The average molecular weight is 189 g/mol. The molecule has 0 aromatic rings. The van der Waals surface area contributed by atoms with Crippen LogP contribution in [0.5, 0.6) is 0 Å². The summed E-state index contributed by atoms with van der Waals surface area (Å²) in [6, 6.07) is 0.0181. The van der Waals surface area contributed by atoms with E-state index in [1.807, 2.05) is 11.8 Å². The Bertz CT molecular complexity index is 165. The molecule has 0 spiro atoms. The van der Waals surface area contributed by atoms with E-state index in [-0.39, 0.29) is 6.03 Å². The largest absolute Gasteiger partial charge is 0.333 e. The van der Waals surface area contributed by atoms with Crippen molar-refractivity contribution >= 4 is 17.8 Å². The van der Waals surface area contributed by atoms with E-state index in [9.17, 15) is 4.79 Å². The van der Waals surface area contributed by atoms with Gasteiger partial charge in [-0.1, -0.05) is 6.42 Å². The van der Waals surface area contributed by atoms with Crippen molar-refractivity contribution in [3.63, 3.8) is 0 Å². The molecule has 12 heavy (non-hydrogen) atoms. The molecule has 0 aromatic heterocycles. The van der Waals surface area contributed by atoms with Gasteiger partial charge < -0.3 is 5.32 Å². The van der Waals surface area contributed by atoms with Gasteiger partial charge in [-0.15, -0.1) is 0 Å². The van der Waals surface area contributed by atoms with Gasteiger partial charge in [0.25, 0.3) is 0 Å². The maximum atomic E-state index is 10.9. The number of hydrogen-bond acceptors (Lipinski definition) is 3. The van der Waals surface area contributed by atoms with E-state index in [0.717, 1.165) is 6.42 Å². The third kappa shape index (κ3) is 2.28. The van der Waals surface area contributed by atoms with Crippen LogP contribution in [0, 0.1) is 0 Å². The minimum atomic E-state index is -0.277. The van der Waals surface area contributed by atoms with Gasteiger partial charge >= 0.3 is 6.03 Å². The van der Waals surface area contributed by atoms with Crippen molar-refractivity contribution in [3.05, 3.63) is 0 Å². The van der Waals surface area contributed by atoms with E-state index in [4.69, 9.17) is 5.84 Å². The fourth-order valence-electron chi connectivity index (χ4n) is 1.58. The van der Waals surface area contributed by atoms with Gasteiger partial charge in [0.1, 0.15) is 0 Å². The van der Waals surface area contributed by atoms with Crippen LogP contribution in [0.1, 0.15) is 19.3 Å². The summed E-state index contributed by atoms with van der Waals surface area (Å²) < 4.78 is 0. The Labute approximate surface area is 76.6 Å². The van der Waals surface area contributed by atoms with Gasteiger partial charge in [-0.05, 0) is 19.1 Å². The number of carbonyl (C=O) groups excluding carboxylic acids is 1. The Morgan fingerprint density at radius 1 is 1.58 bits per heavy atom. The lowest BCUT2D eigenvalue weighted by molar-refractivity contribution is 0.237. The molecule has 70 valence electrons. The summed E-state index contributed by atoms with van der Waals surface area (Å²) in [6.45, 7) is 0. The lowest BCUT2D eigenvalue weighted by Gasteiger charge is -2.18. The second kappa shape index (κ2) is 4.57. The van der Waals surface area contributed by atoms with Crippen molar-refractivity contribution in [2.75, 3.05) is 6.26 Å². The molecule has 1 aliphatic rings. The molecule has 0 heterocycles. The van der Waals surface area contributed by atoms with Crippen molar-refractivity contribution in [1.29, 1.82) is 0 Å². The van der Waals surface area contributed by atoms with Crippen molar-refractivity contribution in [1.82, 2.24) is 10.7 Å². The summed E-state index contributed by atoms with van der Waals surface area (Å²) in [5.41, 5.74) is 2.08. The molecule has 5 heteroatoms. The molecule has 1 rings (SSSR count). The first-order chi connectivity index (χ1) is 5.77. The van der Waals surface area contributed by atoms with Gasteiger partial charge in [-0.25, -0.2) is 10.6 Å². The topological polar surface area (TPSA) is 67.2 Å². The zero-order valence-corrected chi connectivity index (χ0v) is 7.99. The summed E-state index contributed by atoms with van der Waals surface area (Å²) in [5.74, 6) is 4.97. The zero-order chi connectivity index (χ0) is 8.97. The SMILES string of the molecule is CSC1CCCC1NC(=O)NN. The van der Waals surface area contributed by atoms with Crippen LogP contribution in [0.15, 0.2) is 0 Å². The van der Waals surface area contributed by atoms with Crippen LogP contribution in [0.4, 0.5) is 4.79 Å². The van der Waals surface area contributed by atoms with Gasteiger partial charge in [0, 0.05) is 11.3 Å². The van der Waals surface area contributed by atoms with Gasteiger partial charge in [0.05, 0.1) is 0 Å². The van der Waals surface area contributed by atoms with Crippen molar-refractivity contribution in [2.45, 2.75) is 30.6 Å². The molecule has 1 fully saturated rings. The fourth-order valence-corrected chi connectivity index (χ4v) is 2.52. The Kier molecular flexibility index (Phi) is 3.68. The van der Waals surface area contributed by atoms with E-state index in [0.29, 0.717) is 11.3 Å². The minimum Gasteiger partial charge on any atom is -0.333 e. The highest BCUT2D eigenvalue weighted by atomic mass is 32.2. The van der Waals surface area contributed by atoms with Gasteiger partial charge in [-0.3, -0.25) is 5.43 Å². The third-order valence-electron chi connectivity index (χ3n) is 2.20. The Morgan fingerprint density at radius 3 is 2.92 bits per heavy atom. The number of nitrogens with two attached hydrogens (primary N) is 1. The molecule has 0 saturated heterocycles. The van der Waals surface area contributed by atoms with Gasteiger partial charge in [0.2, 0.25) is 0 Å². The average Bonchev–Trinajstić information content (AvgIpc) is 2.51. The normalized spacial score (nSPS) is 28.5. The Balaban J connectivity index is 2.35. The van der Waals surface area contributed by atoms with Crippen LogP contribution >= 0.6 is 11.8 Å². The molecular weight excluding hydrogens is 174 g/mol. The maximum Gasteiger partial charge on any atom is 0.329 e. The predicted molar refractivity (Wildman–Crippen MR) is 50.8 cm³/mol. The van der Waals surface area contributed by atoms with E-state index < -0.39 is 0 Å². The maximum absolute atomic E-state index is 10.9. The molecule has 2 unspecified atom stereocenters. The lowest BCUT2D eigenvalue weighted by Crippen LogP contribution is -2.47. The van der Waals surface area contributed by atoms with Crippen LogP contribution in [-0.2, 0) is 0 Å². The Hall–Kier alpha value is -0.420. The molecular formula is C7H15N3OS. The summed E-state index contributed by atoms with van der Waals surface area (Å²) >= 11 is 1.81. The molecule has 4 nitrogen and oxygen atoms in total. The summed E-state index contributed by atoms with van der Waals surface area (Å²) in [4.78, 5) is 10.9. The van der Waals surface area contributed by atoms with Crippen molar-refractivity contribution in [2.24, 2.45) is 5.84 Å². The highest BCUT2D eigenvalue weighted by Gasteiger charge is 2.27. The first-order valence-corrected chi connectivity index (χ1v) is 5.36. The van der Waals surface area contributed by atoms with Gasteiger partial charge in [0.15, 0.2) is 0 Å². The molecule has 2 atom stereocenters. The minimum absolute atomic E-state index is 0.277. The number of carbonyl (C=O) groups is 1. The number of rotatable bonds is 2. The van der Waals surface area contributed by atoms with Crippen molar-refractivity contribution in [3.8, 4) is 0 Å². The van der Waals surface area contributed by atoms with Gasteiger partial charge in [-0.2, -0.15) is 11.8 Å². The summed E-state index contributed by atoms with van der Waals surface area (Å²) in [6.07, 6.45) is 5.53. The molecule has 4 N–H and O–H groups in total. The predicted octanol–water partition coefficient (Wildman–Crippen LogP) is 0.443. The smallest absolute Gasteiger partial charge is 0.329 e. The third-order valence-corrected chi connectivity index (χ3v) is 3.37. The second-order valence-electron chi connectivity index (χ2n) is 2.93. The summed E-state index contributed by atoms with van der Waals surface area (Å²) in [5, 5.41) is 3.39. The Morgan fingerprint density at radius 2 is 2.33 bits per heavy atom. The van der Waals surface area contributed by atoms with Crippen LogP contribution in [0.2, 0.25) is 0 Å². The fraction of sp³-hybridized carbons (Fsp3) is 0.857. The number of amides is 2. The lowest BCUT2D eigenvalue weighted by atomic mass is 10.2. The zero-order valence-electron chi connectivity index (χ0n) is 7.17. The molecule has 0 bridgehead atoms. The number of thioether (sulfide) groups is 1. The number of hydrazine groups is 1. The molecule has 0 radical (unpaired) electrons.